The first-order valence-electron chi connectivity index (χ1n) is 7.28. The number of nitrogens with zero attached hydrogens (tertiary/aromatic N) is 1. The first-order chi connectivity index (χ1) is 10.3. The molecule has 0 bridgehead atoms. The first-order valence-corrected chi connectivity index (χ1v) is 7.28. The molecule has 1 amide bonds. The molecule has 22 heavy (non-hydrogen) atoms. The fraction of sp³-hybridized carbons (Fsp3) is 0.500. The standard InChI is InChI=1S/C16H20FNO4/c1-11(19)18-8-6-13(7-9-18)16(22,10-15(20)21)12-2-4-14(17)5-3-12/h2-5,13,22H,6-10H2,1H3,(H,20,21). The summed E-state index contributed by atoms with van der Waals surface area (Å²) in [5, 5.41) is 20.1. The van der Waals surface area contributed by atoms with Crippen LogP contribution in [0.3, 0.4) is 0 Å². The van der Waals surface area contributed by atoms with Crippen molar-refractivity contribution in [3.05, 3.63) is 35.6 Å². The lowest BCUT2D eigenvalue weighted by Crippen LogP contribution is -2.45. The Morgan fingerprint density at radius 2 is 1.82 bits per heavy atom. The predicted octanol–water partition coefficient (Wildman–Crippen LogP) is 1.75. The molecule has 2 N–H and O–H groups in total. The molecule has 1 aliphatic rings. The van der Waals surface area contributed by atoms with E-state index in [0.717, 1.165) is 0 Å². The predicted molar refractivity (Wildman–Crippen MR) is 77.5 cm³/mol. The van der Waals surface area contributed by atoms with Gasteiger partial charge >= 0.3 is 5.97 Å². The van der Waals surface area contributed by atoms with E-state index in [1.54, 1.807) is 4.90 Å². The minimum absolute atomic E-state index is 0.0259. The average Bonchev–Trinajstić information content (AvgIpc) is 2.47. The lowest BCUT2D eigenvalue weighted by molar-refractivity contribution is -0.149. The molecule has 0 aliphatic carbocycles. The summed E-state index contributed by atoms with van der Waals surface area (Å²) in [5.74, 6) is -1.86. The monoisotopic (exact) mass is 309 g/mol. The van der Waals surface area contributed by atoms with E-state index in [1.807, 2.05) is 0 Å². The van der Waals surface area contributed by atoms with Crippen molar-refractivity contribution < 1.29 is 24.2 Å². The number of hydrogen-bond donors (Lipinski definition) is 2. The number of aliphatic hydroxyl groups is 1. The third kappa shape index (κ3) is 3.44. The molecule has 1 saturated heterocycles. The molecular weight excluding hydrogens is 289 g/mol. The third-order valence-electron chi connectivity index (χ3n) is 4.38. The van der Waals surface area contributed by atoms with E-state index in [4.69, 9.17) is 5.11 Å². The van der Waals surface area contributed by atoms with Crippen molar-refractivity contribution in [2.75, 3.05) is 13.1 Å². The second-order valence-corrected chi connectivity index (χ2v) is 5.78. The van der Waals surface area contributed by atoms with Gasteiger partial charge in [0.05, 0.1) is 6.42 Å². The molecule has 1 aliphatic heterocycles. The van der Waals surface area contributed by atoms with Crippen molar-refractivity contribution in [2.45, 2.75) is 31.8 Å². The topological polar surface area (TPSA) is 77.8 Å². The van der Waals surface area contributed by atoms with Crippen LogP contribution in [0.2, 0.25) is 0 Å². The van der Waals surface area contributed by atoms with Crippen molar-refractivity contribution in [3.63, 3.8) is 0 Å². The van der Waals surface area contributed by atoms with Crippen molar-refractivity contribution in [1.29, 1.82) is 0 Å². The van der Waals surface area contributed by atoms with Gasteiger partial charge in [-0.05, 0) is 36.5 Å². The molecule has 2 rings (SSSR count). The van der Waals surface area contributed by atoms with Crippen molar-refractivity contribution in [3.8, 4) is 0 Å². The molecule has 0 saturated carbocycles. The highest BCUT2D eigenvalue weighted by Gasteiger charge is 2.42. The Bertz CT molecular complexity index is 552. The third-order valence-corrected chi connectivity index (χ3v) is 4.38. The number of piperidine rings is 1. The molecule has 1 heterocycles. The minimum Gasteiger partial charge on any atom is -0.481 e. The number of amides is 1. The lowest BCUT2D eigenvalue weighted by atomic mass is 9.74. The van der Waals surface area contributed by atoms with Gasteiger partial charge < -0.3 is 15.1 Å². The lowest BCUT2D eigenvalue weighted by Gasteiger charge is -2.41. The molecule has 120 valence electrons. The van der Waals surface area contributed by atoms with Crippen LogP contribution in [0.5, 0.6) is 0 Å². The van der Waals surface area contributed by atoms with Crippen LogP contribution < -0.4 is 0 Å². The molecular formula is C16H20FNO4. The molecule has 0 aromatic heterocycles. The van der Waals surface area contributed by atoms with Gasteiger partial charge in [0, 0.05) is 20.0 Å². The summed E-state index contributed by atoms with van der Waals surface area (Å²) in [7, 11) is 0. The number of carbonyl (C=O) groups excluding carboxylic acids is 1. The molecule has 1 atom stereocenters. The van der Waals surface area contributed by atoms with Crippen LogP contribution in [0.15, 0.2) is 24.3 Å². The van der Waals surface area contributed by atoms with Crippen LogP contribution in [-0.2, 0) is 15.2 Å². The van der Waals surface area contributed by atoms with Gasteiger partial charge in [0.2, 0.25) is 5.91 Å². The van der Waals surface area contributed by atoms with Gasteiger partial charge in [-0.3, -0.25) is 9.59 Å². The number of aliphatic carboxylic acids is 1. The van der Waals surface area contributed by atoms with Gasteiger partial charge in [-0.15, -0.1) is 0 Å². The molecule has 1 aromatic rings. The number of halogens is 1. The molecule has 1 aromatic carbocycles. The van der Waals surface area contributed by atoms with E-state index in [1.165, 1.54) is 31.2 Å². The maximum absolute atomic E-state index is 13.1. The Morgan fingerprint density at radius 1 is 1.27 bits per heavy atom. The molecule has 1 unspecified atom stereocenters. The number of benzene rings is 1. The summed E-state index contributed by atoms with van der Waals surface area (Å²) in [6, 6.07) is 5.28. The fourth-order valence-corrected chi connectivity index (χ4v) is 3.12. The Balaban J connectivity index is 2.24. The normalized spacial score (nSPS) is 18.8. The van der Waals surface area contributed by atoms with Crippen molar-refractivity contribution in [1.82, 2.24) is 4.90 Å². The SMILES string of the molecule is CC(=O)N1CCC(C(O)(CC(=O)O)c2ccc(F)cc2)CC1. The number of likely N-dealkylation sites (tertiary alicyclic amines) is 1. The zero-order chi connectivity index (χ0) is 16.3. The highest BCUT2D eigenvalue weighted by molar-refractivity contribution is 5.73. The van der Waals surface area contributed by atoms with E-state index in [9.17, 15) is 19.1 Å². The van der Waals surface area contributed by atoms with Gasteiger partial charge in [0.15, 0.2) is 0 Å². The minimum atomic E-state index is -1.55. The smallest absolute Gasteiger partial charge is 0.306 e. The largest absolute Gasteiger partial charge is 0.481 e. The zero-order valence-electron chi connectivity index (χ0n) is 12.5. The van der Waals surface area contributed by atoms with Gasteiger partial charge in [-0.2, -0.15) is 0 Å². The molecule has 5 nitrogen and oxygen atoms in total. The van der Waals surface area contributed by atoms with Crippen LogP contribution in [0.25, 0.3) is 0 Å². The highest BCUT2D eigenvalue weighted by atomic mass is 19.1. The molecule has 1 fully saturated rings. The maximum atomic E-state index is 13.1. The highest BCUT2D eigenvalue weighted by Crippen LogP contribution is 2.39. The molecule has 6 heteroatoms. The second-order valence-electron chi connectivity index (χ2n) is 5.78. The van der Waals surface area contributed by atoms with Crippen LogP contribution in [0.1, 0.15) is 31.7 Å². The number of carboxylic acids is 1. The number of carbonyl (C=O) groups is 2. The zero-order valence-corrected chi connectivity index (χ0v) is 12.5. The quantitative estimate of drug-likeness (QED) is 0.888. The number of carboxylic acid groups (broad SMARTS) is 1. The van der Waals surface area contributed by atoms with E-state index in [0.29, 0.717) is 31.5 Å². The van der Waals surface area contributed by atoms with Crippen LogP contribution in [0.4, 0.5) is 4.39 Å². The molecule has 0 spiro atoms. The summed E-state index contributed by atoms with van der Waals surface area (Å²) in [4.78, 5) is 24.2. The van der Waals surface area contributed by atoms with Crippen LogP contribution in [0, 0.1) is 11.7 Å². The van der Waals surface area contributed by atoms with Crippen molar-refractivity contribution >= 4 is 11.9 Å². The first kappa shape index (κ1) is 16.4. The van der Waals surface area contributed by atoms with Crippen LogP contribution >= 0.6 is 0 Å². The summed E-state index contributed by atoms with van der Waals surface area (Å²) in [5.41, 5.74) is -1.15. The summed E-state index contributed by atoms with van der Waals surface area (Å²) in [6.45, 7) is 2.47. The van der Waals surface area contributed by atoms with Gasteiger partial charge in [-0.25, -0.2) is 4.39 Å². The van der Waals surface area contributed by atoms with Gasteiger partial charge in [0.25, 0.3) is 0 Å². The Hall–Kier alpha value is -1.95. The fourth-order valence-electron chi connectivity index (χ4n) is 3.12. The summed E-state index contributed by atoms with van der Waals surface area (Å²) >= 11 is 0. The van der Waals surface area contributed by atoms with E-state index in [-0.39, 0.29) is 11.8 Å². The maximum Gasteiger partial charge on any atom is 0.306 e. The Morgan fingerprint density at radius 3 is 2.27 bits per heavy atom. The Kier molecular flexibility index (Phi) is 4.81. The van der Waals surface area contributed by atoms with Gasteiger partial charge in [0.1, 0.15) is 11.4 Å². The van der Waals surface area contributed by atoms with Crippen LogP contribution in [-0.4, -0.2) is 40.1 Å². The average molecular weight is 309 g/mol. The summed E-state index contributed by atoms with van der Waals surface area (Å²) in [6.07, 6.45) is 0.588. The van der Waals surface area contributed by atoms with E-state index in [2.05, 4.69) is 0 Å². The van der Waals surface area contributed by atoms with E-state index < -0.39 is 23.8 Å². The molecule has 0 radical (unpaired) electrons. The summed E-state index contributed by atoms with van der Waals surface area (Å²) < 4.78 is 13.1. The van der Waals surface area contributed by atoms with E-state index >= 15 is 0 Å². The number of rotatable bonds is 4. The Labute approximate surface area is 128 Å². The van der Waals surface area contributed by atoms with Gasteiger partial charge in [-0.1, -0.05) is 12.1 Å². The van der Waals surface area contributed by atoms with Crippen molar-refractivity contribution in [2.24, 2.45) is 5.92 Å². The number of hydrogen-bond acceptors (Lipinski definition) is 3. The second kappa shape index (κ2) is 6.44.